The number of likely N-dealkylation sites (tertiary alicyclic amines) is 1. The molecule has 1 fully saturated rings. The van der Waals surface area contributed by atoms with E-state index in [1.165, 1.54) is 59.1 Å². The van der Waals surface area contributed by atoms with Gasteiger partial charge in [0.05, 0.1) is 30.6 Å². The van der Waals surface area contributed by atoms with Gasteiger partial charge in [-0.05, 0) is 93.7 Å². The van der Waals surface area contributed by atoms with Gasteiger partial charge in [0.15, 0.2) is 5.60 Å². The molecule has 3 aromatic rings. The number of aliphatic hydroxyl groups is 1. The van der Waals surface area contributed by atoms with E-state index in [0.29, 0.717) is 68.3 Å². The number of aliphatic hydroxyl groups excluding tert-OH is 1. The SMILES string of the molecule is CCCSC1CC(=O)N(CCCCCC(=O)NCCCCC(NC(=O)c2ccc3c(c2)C2(OC3=O)c3ccc(O)cc3Oc3cc(O)ccc32)C(=O)NC(C)COCCO)C1=O. The minimum absolute atomic E-state index is 0.0982. The first-order valence-electron chi connectivity index (χ1n) is 21.1. The van der Waals surface area contributed by atoms with Crippen LogP contribution in [0, 0.1) is 0 Å². The van der Waals surface area contributed by atoms with Crippen molar-refractivity contribution in [3.05, 3.63) is 82.4 Å². The van der Waals surface area contributed by atoms with E-state index >= 15 is 0 Å². The third-order valence-corrected chi connectivity index (χ3v) is 12.3. The number of esters is 1. The highest BCUT2D eigenvalue weighted by molar-refractivity contribution is 8.00. The summed E-state index contributed by atoms with van der Waals surface area (Å²) in [6.45, 7) is 4.54. The Kier molecular flexibility index (Phi) is 15.5. The molecular weight excluding hydrogens is 821 g/mol. The number of carbonyl (C=O) groups is 6. The van der Waals surface area contributed by atoms with Gasteiger partial charge >= 0.3 is 5.97 Å². The standard InChI is InChI=1S/C45H54N4O12S/c1-3-21-62-38-25-40(54)49(43(38)57)18-8-4-5-10-39(53)46-17-7-6-9-35(42(56)47-27(2)26-59-20-19-50)48-41(55)28-11-14-31-34(22-28)45(61-44(31)58)32-15-12-29(51)23-36(32)60-37-24-30(52)13-16-33(37)45/h11-16,22-24,27,35,38,50-52H,3-10,17-21,25-26H2,1-2H3,(H,46,53)(H,47,56)(H,48,55). The van der Waals surface area contributed by atoms with E-state index in [9.17, 15) is 39.0 Å². The normalized spacial score (nSPS) is 16.8. The number of nitrogens with one attached hydrogen (secondary N) is 3. The van der Waals surface area contributed by atoms with Gasteiger partial charge < -0.3 is 45.5 Å². The van der Waals surface area contributed by atoms with Crippen LogP contribution in [0.2, 0.25) is 0 Å². The average Bonchev–Trinajstić information content (AvgIpc) is 3.68. The highest BCUT2D eigenvalue weighted by Gasteiger charge is 2.54. The summed E-state index contributed by atoms with van der Waals surface area (Å²) in [7, 11) is 0. The predicted molar refractivity (Wildman–Crippen MR) is 228 cm³/mol. The van der Waals surface area contributed by atoms with E-state index in [1.807, 2.05) is 6.92 Å². The van der Waals surface area contributed by atoms with E-state index in [4.69, 9.17) is 19.3 Å². The maximum absolute atomic E-state index is 14.0. The maximum atomic E-state index is 14.0. The Morgan fingerprint density at radius 1 is 0.919 bits per heavy atom. The molecule has 0 bridgehead atoms. The molecule has 16 nitrogen and oxygen atoms in total. The molecule has 62 heavy (non-hydrogen) atoms. The number of thioether (sulfide) groups is 1. The van der Waals surface area contributed by atoms with Gasteiger partial charge in [0.1, 0.15) is 29.0 Å². The first-order valence-corrected chi connectivity index (χ1v) is 22.2. The van der Waals surface area contributed by atoms with Crippen LogP contribution in [0.25, 0.3) is 0 Å². The molecule has 6 N–H and O–H groups in total. The summed E-state index contributed by atoms with van der Waals surface area (Å²) in [6, 6.07) is 11.8. The quantitative estimate of drug-likeness (QED) is 0.0468. The molecule has 3 aromatic carbocycles. The van der Waals surface area contributed by atoms with Gasteiger partial charge in [-0.3, -0.25) is 28.9 Å². The molecule has 332 valence electrons. The lowest BCUT2D eigenvalue weighted by molar-refractivity contribution is -0.138. The second-order valence-corrected chi connectivity index (χ2v) is 16.9. The maximum Gasteiger partial charge on any atom is 0.340 e. The number of amides is 5. The number of carbonyl (C=O) groups excluding carboxylic acids is 6. The molecule has 5 amide bonds. The first-order chi connectivity index (χ1) is 29.9. The predicted octanol–water partition coefficient (Wildman–Crippen LogP) is 4.40. The van der Waals surface area contributed by atoms with Gasteiger partial charge in [0.2, 0.25) is 23.6 Å². The molecule has 1 spiro atoms. The molecule has 17 heteroatoms. The highest BCUT2D eigenvalue weighted by Crippen LogP contribution is 2.57. The van der Waals surface area contributed by atoms with Crippen molar-refractivity contribution >= 4 is 47.3 Å². The topological polar surface area (TPSA) is 230 Å². The largest absolute Gasteiger partial charge is 0.508 e. The molecule has 0 aromatic heterocycles. The van der Waals surface area contributed by atoms with Crippen LogP contribution in [0.4, 0.5) is 0 Å². The number of benzene rings is 3. The summed E-state index contributed by atoms with van der Waals surface area (Å²) in [4.78, 5) is 79.9. The smallest absolute Gasteiger partial charge is 0.340 e. The molecule has 0 saturated carbocycles. The van der Waals surface area contributed by atoms with Crippen molar-refractivity contribution in [2.75, 3.05) is 38.7 Å². The van der Waals surface area contributed by atoms with E-state index < -0.39 is 35.5 Å². The van der Waals surface area contributed by atoms with Crippen LogP contribution in [0.5, 0.6) is 23.0 Å². The lowest BCUT2D eigenvalue weighted by Gasteiger charge is -2.36. The number of ether oxygens (including phenoxy) is 3. The fourth-order valence-electron chi connectivity index (χ4n) is 7.86. The minimum Gasteiger partial charge on any atom is -0.508 e. The molecule has 3 heterocycles. The van der Waals surface area contributed by atoms with Gasteiger partial charge in [0, 0.05) is 66.4 Å². The molecule has 0 aliphatic carbocycles. The van der Waals surface area contributed by atoms with Crippen molar-refractivity contribution in [2.24, 2.45) is 0 Å². The van der Waals surface area contributed by atoms with Gasteiger partial charge in [-0.15, -0.1) is 11.8 Å². The second kappa shape index (κ2) is 20.9. The molecule has 6 rings (SSSR count). The molecule has 3 aliphatic rings. The number of hydrogen-bond acceptors (Lipinski definition) is 13. The number of imide groups is 1. The first kappa shape index (κ1) is 45.9. The van der Waals surface area contributed by atoms with Crippen LogP contribution < -0.4 is 20.7 Å². The van der Waals surface area contributed by atoms with E-state index in [-0.39, 0.29) is 89.8 Å². The third-order valence-electron chi connectivity index (χ3n) is 10.9. The van der Waals surface area contributed by atoms with Gasteiger partial charge in [-0.2, -0.15) is 0 Å². The van der Waals surface area contributed by atoms with Crippen molar-refractivity contribution in [2.45, 2.75) is 94.6 Å². The molecular formula is C45H54N4O12S. The Morgan fingerprint density at radius 2 is 1.65 bits per heavy atom. The summed E-state index contributed by atoms with van der Waals surface area (Å²) in [6.07, 6.45) is 4.62. The van der Waals surface area contributed by atoms with Gasteiger partial charge in [-0.1, -0.05) is 13.3 Å². The summed E-state index contributed by atoms with van der Waals surface area (Å²) in [5.41, 5.74) is -0.156. The highest BCUT2D eigenvalue weighted by atomic mass is 32.2. The number of fused-ring (bicyclic) bond motifs is 6. The Bertz CT molecular complexity index is 2110. The van der Waals surface area contributed by atoms with Crippen LogP contribution in [0.3, 0.4) is 0 Å². The van der Waals surface area contributed by atoms with Crippen molar-refractivity contribution in [1.29, 1.82) is 0 Å². The van der Waals surface area contributed by atoms with Gasteiger partial charge in [0.25, 0.3) is 5.91 Å². The number of nitrogens with zero attached hydrogens (tertiary/aromatic N) is 1. The van der Waals surface area contributed by atoms with Crippen LogP contribution in [0.15, 0.2) is 54.6 Å². The van der Waals surface area contributed by atoms with Crippen LogP contribution >= 0.6 is 11.8 Å². The Morgan fingerprint density at radius 3 is 2.34 bits per heavy atom. The number of aromatic hydroxyl groups is 2. The molecule has 3 unspecified atom stereocenters. The van der Waals surface area contributed by atoms with E-state index in [2.05, 4.69) is 16.0 Å². The number of rotatable bonds is 22. The zero-order valence-corrected chi connectivity index (χ0v) is 35.7. The van der Waals surface area contributed by atoms with E-state index in [0.717, 1.165) is 12.2 Å². The number of hydrogen-bond donors (Lipinski definition) is 6. The fourth-order valence-corrected chi connectivity index (χ4v) is 8.91. The zero-order chi connectivity index (χ0) is 44.4. The Balaban J connectivity index is 1.07. The lowest BCUT2D eigenvalue weighted by atomic mass is 9.77. The molecule has 1 saturated heterocycles. The second-order valence-electron chi connectivity index (χ2n) is 15.6. The summed E-state index contributed by atoms with van der Waals surface area (Å²) < 4.78 is 17.5. The van der Waals surface area contributed by atoms with Crippen LogP contribution in [0.1, 0.15) is 109 Å². The average molecular weight is 875 g/mol. The van der Waals surface area contributed by atoms with Crippen molar-refractivity contribution in [3.63, 3.8) is 0 Å². The minimum atomic E-state index is -1.59. The summed E-state index contributed by atoms with van der Waals surface area (Å²) in [5.74, 6) is -1.09. The number of phenolic OH excluding ortho intramolecular Hbond substituents is 2. The molecule has 3 atom stereocenters. The molecule has 0 radical (unpaired) electrons. The van der Waals surface area contributed by atoms with Crippen molar-refractivity contribution < 1.29 is 58.3 Å². The van der Waals surface area contributed by atoms with E-state index in [1.54, 1.807) is 19.1 Å². The number of phenols is 2. The van der Waals surface area contributed by atoms with Crippen LogP contribution in [-0.4, -0.2) is 112 Å². The van der Waals surface area contributed by atoms with Gasteiger partial charge in [-0.25, -0.2) is 4.79 Å². The fraction of sp³-hybridized carbons (Fsp3) is 0.467. The van der Waals surface area contributed by atoms with Crippen LogP contribution in [-0.2, 0) is 34.3 Å². The Labute approximate surface area is 364 Å². The van der Waals surface area contributed by atoms with Crippen molar-refractivity contribution in [1.82, 2.24) is 20.9 Å². The number of unbranched alkanes of at least 4 members (excludes halogenated alkanes) is 3. The lowest BCUT2D eigenvalue weighted by Crippen LogP contribution is -2.50. The van der Waals surface area contributed by atoms with Crippen molar-refractivity contribution in [3.8, 4) is 23.0 Å². The zero-order valence-electron chi connectivity index (χ0n) is 34.9. The monoisotopic (exact) mass is 874 g/mol. The summed E-state index contributed by atoms with van der Waals surface area (Å²) in [5, 5.41) is 37.9. The molecule has 3 aliphatic heterocycles. The Hall–Kier alpha value is -5.65. The summed E-state index contributed by atoms with van der Waals surface area (Å²) >= 11 is 1.53. The third kappa shape index (κ3) is 10.5.